The first-order chi connectivity index (χ1) is 9.87. The third-order valence-electron chi connectivity index (χ3n) is 3.45. The Morgan fingerprint density at radius 1 is 1.19 bits per heavy atom. The van der Waals surface area contributed by atoms with Crippen LogP contribution < -0.4 is 11.1 Å². The Balaban J connectivity index is 2.05. The first kappa shape index (κ1) is 16.1. The summed E-state index contributed by atoms with van der Waals surface area (Å²) in [4.78, 5) is 0. The summed E-state index contributed by atoms with van der Waals surface area (Å²) in [7, 11) is 0. The molecule has 2 aromatic rings. The van der Waals surface area contributed by atoms with Crippen molar-refractivity contribution in [3.8, 4) is 0 Å². The van der Waals surface area contributed by atoms with E-state index in [4.69, 9.17) is 5.73 Å². The SMILES string of the molecule is CC(C)(CCc1ccccc1)Nc1cc(F)c(I)cc1N. The lowest BCUT2D eigenvalue weighted by Gasteiger charge is -2.28. The molecule has 2 aromatic carbocycles. The normalized spacial score (nSPS) is 11.4. The zero-order chi connectivity index (χ0) is 15.5. The average Bonchev–Trinajstić information content (AvgIpc) is 2.44. The van der Waals surface area contributed by atoms with Gasteiger partial charge in [0.05, 0.1) is 14.9 Å². The van der Waals surface area contributed by atoms with Gasteiger partial charge in [-0.15, -0.1) is 0 Å². The number of nitrogen functional groups attached to an aromatic ring is 1. The lowest BCUT2D eigenvalue weighted by molar-refractivity contribution is 0.518. The van der Waals surface area contributed by atoms with Gasteiger partial charge < -0.3 is 11.1 Å². The number of aryl methyl sites for hydroxylation is 1. The van der Waals surface area contributed by atoms with Crippen LogP contribution in [0.5, 0.6) is 0 Å². The molecule has 0 saturated carbocycles. The molecule has 0 spiro atoms. The zero-order valence-corrected chi connectivity index (χ0v) is 14.4. The van der Waals surface area contributed by atoms with Crippen LogP contribution in [0.25, 0.3) is 0 Å². The number of nitrogens with one attached hydrogen (secondary N) is 1. The van der Waals surface area contributed by atoms with Crippen LogP contribution >= 0.6 is 22.6 Å². The maximum absolute atomic E-state index is 13.7. The second-order valence-corrected chi connectivity index (χ2v) is 7.01. The molecule has 0 aromatic heterocycles. The van der Waals surface area contributed by atoms with Crippen LogP contribution in [-0.4, -0.2) is 5.54 Å². The average molecular weight is 398 g/mol. The van der Waals surface area contributed by atoms with Crippen LogP contribution in [-0.2, 0) is 6.42 Å². The molecule has 0 heterocycles. The topological polar surface area (TPSA) is 38.0 Å². The van der Waals surface area contributed by atoms with E-state index >= 15 is 0 Å². The van der Waals surface area contributed by atoms with Gasteiger partial charge in [0.25, 0.3) is 0 Å². The van der Waals surface area contributed by atoms with E-state index in [1.165, 1.54) is 11.6 Å². The van der Waals surface area contributed by atoms with Crippen LogP contribution in [0.4, 0.5) is 15.8 Å². The molecule has 0 bridgehead atoms. The minimum atomic E-state index is -0.244. The molecule has 4 heteroatoms. The van der Waals surface area contributed by atoms with E-state index in [1.807, 2.05) is 40.8 Å². The van der Waals surface area contributed by atoms with Gasteiger partial charge in [0.2, 0.25) is 0 Å². The van der Waals surface area contributed by atoms with E-state index in [2.05, 4.69) is 31.3 Å². The Labute approximate surface area is 139 Å². The molecule has 0 aliphatic heterocycles. The van der Waals surface area contributed by atoms with Crippen LogP contribution in [0.2, 0.25) is 0 Å². The highest BCUT2D eigenvalue weighted by Crippen LogP contribution is 2.28. The second-order valence-electron chi connectivity index (χ2n) is 5.85. The summed E-state index contributed by atoms with van der Waals surface area (Å²) in [6.45, 7) is 4.20. The fourth-order valence-corrected chi connectivity index (χ4v) is 2.69. The van der Waals surface area contributed by atoms with Gasteiger partial charge in [0, 0.05) is 11.6 Å². The third-order valence-corrected chi connectivity index (χ3v) is 4.27. The number of halogens is 2. The molecule has 0 aliphatic carbocycles. The molecule has 2 nitrogen and oxygen atoms in total. The molecule has 0 fully saturated rings. The van der Waals surface area contributed by atoms with Crippen molar-refractivity contribution >= 4 is 34.0 Å². The lowest BCUT2D eigenvalue weighted by Crippen LogP contribution is -2.32. The van der Waals surface area contributed by atoms with Crippen molar-refractivity contribution in [1.29, 1.82) is 0 Å². The molecular weight excluding hydrogens is 378 g/mol. The molecule has 0 saturated heterocycles. The van der Waals surface area contributed by atoms with Crippen molar-refractivity contribution in [2.75, 3.05) is 11.1 Å². The molecule has 0 amide bonds. The minimum Gasteiger partial charge on any atom is -0.397 e. The van der Waals surface area contributed by atoms with Crippen molar-refractivity contribution in [1.82, 2.24) is 0 Å². The van der Waals surface area contributed by atoms with Crippen molar-refractivity contribution in [3.63, 3.8) is 0 Å². The van der Waals surface area contributed by atoms with Crippen molar-refractivity contribution < 1.29 is 4.39 Å². The van der Waals surface area contributed by atoms with Crippen LogP contribution in [0.3, 0.4) is 0 Å². The van der Waals surface area contributed by atoms with E-state index < -0.39 is 0 Å². The summed E-state index contributed by atoms with van der Waals surface area (Å²) in [5.41, 5.74) is 8.34. The van der Waals surface area contributed by atoms with Gasteiger partial charge in [-0.2, -0.15) is 0 Å². The summed E-state index contributed by atoms with van der Waals surface area (Å²) in [6.07, 6.45) is 1.90. The number of benzene rings is 2. The highest BCUT2D eigenvalue weighted by atomic mass is 127. The highest BCUT2D eigenvalue weighted by molar-refractivity contribution is 14.1. The van der Waals surface area contributed by atoms with E-state index in [0.717, 1.165) is 12.8 Å². The zero-order valence-electron chi connectivity index (χ0n) is 12.3. The number of anilines is 2. The Hall–Kier alpha value is -1.30. The summed E-state index contributed by atoms with van der Waals surface area (Å²) >= 11 is 1.95. The fraction of sp³-hybridized carbons (Fsp3) is 0.294. The van der Waals surface area contributed by atoms with Crippen LogP contribution in [0.15, 0.2) is 42.5 Å². The minimum absolute atomic E-state index is 0.164. The molecule has 0 unspecified atom stereocenters. The first-order valence-corrected chi connectivity index (χ1v) is 8.02. The van der Waals surface area contributed by atoms with Crippen molar-refractivity contribution in [2.45, 2.75) is 32.2 Å². The smallest absolute Gasteiger partial charge is 0.138 e. The van der Waals surface area contributed by atoms with Crippen LogP contribution in [0.1, 0.15) is 25.8 Å². The van der Waals surface area contributed by atoms with Gasteiger partial charge in [-0.3, -0.25) is 0 Å². The standard InChI is InChI=1S/C17H20FIN2/c1-17(2,9-8-12-6-4-3-5-7-12)21-16-10-13(18)14(19)11-15(16)20/h3-7,10-11,21H,8-9,20H2,1-2H3. The second kappa shape index (κ2) is 6.64. The molecule has 0 radical (unpaired) electrons. The van der Waals surface area contributed by atoms with E-state index in [0.29, 0.717) is 14.9 Å². The van der Waals surface area contributed by atoms with Gasteiger partial charge >= 0.3 is 0 Å². The predicted octanol–water partition coefficient (Wildman–Crippen LogP) is 4.84. The van der Waals surface area contributed by atoms with Gasteiger partial charge in [-0.25, -0.2) is 4.39 Å². The van der Waals surface area contributed by atoms with Gasteiger partial charge in [-0.1, -0.05) is 30.3 Å². The van der Waals surface area contributed by atoms with Crippen molar-refractivity contribution in [3.05, 3.63) is 57.4 Å². The number of nitrogens with two attached hydrogens (primary N) is 1. The molecular formula is C17H20FIN2. The number of hydrogen-bond acceptors (Lipinski definition) is 2. The molecule has 0 aliphatic rings. The summed E-state index contributed by atoms with van der Waals surface area (Å²) in [6, 6.07) is 13.5. The first-order valence-electron chi connectivity index (χ1n) is 6.94. The molecule has 3 N–H and O–H groups in total. The summed E-state index contributed by atoms with van der Waals surface area (Å²) < 4.78 is 14.2. The maximum atomic E-state index is 13.7. The fourth-order valence-electron chi connectivity index (χ4n) is 2.20. The van der Waals surface area contributed by atoms with Crippen molar-refractivity contribution in [2.24, 2.45) is 0 Å². The molecule has 0 atom stereocenters. The Kier molecular flexibility index (Phi) is 5.08. The Morgan fingerprint density at radius 2 is 1.86 bits per heavy atom. The largest absolute Gasteiger partial charge is 0.397 e. The van der Waals surface area contributed by atoms with Gasteiger partial charge in [-0.05, 0) is 60.9 Å². The Bertz CT molecular complexity index is 612. The lowest BCUT2D eigenvalue weighted by atomic mass is 9.94. The predicted molar refractivity (Wildman–Crippen MR) is 96.0 cm³/mol. The van der Waals surface area contributed by atoms with Crippen LogP contribution in [0, 0.1) is 9.39 Å². The molecule has 112 valence electrons. The highest BCUT2D eigenvalue weighted by Gasteiger charge is 2.19. The van der Waals surface area contributed by atoms with Gasteiger partial charge in [0.1, 0.15) is 5.82 Å². The van der Waals surface area contributed by atoms with E-state index in [1.54, 1.807) is 6.07 Å². The molecule has 2 rings (SSSR count). The number of hydrogen-bond donors (Lipinski definition) is 2. The summed E-state index contributed by atoms with van der Waals surface area (Å²) in [5.74, 6) is -0.244. The Morgan fingerprint density at radius 3 is 2.52 bits per heavy atom. The van der Waals surface area contributed by atoms with E-state index in [-0.39, 0.29) is 11.4 Å². The number of rotatable bonds is 5. The monoisotopic (exact) mass is 398 g/mol. The third kappa shape index (κ3) is 4.59. The maximum Gasteiger partial charge on any atom is 0.138 e. The quantitative estimate of drug-likeness (QED) is 0.559. The molecule has 21 heavy (non-hydrogen) atoms. The van der Waals surface area contributed by atoms with Gasteiger partial charge in [0.15, 0.2) is 0 Å². The summed E-state index contributed by atoms with van der Waals surface area (Å²) in [5, 5.41) is 3.36. The van der Waals surface area contributed by atoms with E-state index in [9.17, 15) is 4.39 Å².